The summed E-state index contributed by atoms with van der Waals surface area (Å²) in [5.74, 6) is -2.71. The molecule has 12 N–H and O–H groups in total. The standard InChI is InChI=1S/C35H46O20/c1-14-24(42)26(44)29(47)35(51-14)55-32-30(48)34(49-9-8-16-3-6-18(38)20(40)11-16)53-22(13-50-33-28(46)27(45)25(43)21(12-36)52-33)31(32)54-23(41)7-4-15-2-5-17(37)19(39)10-15/h2-7,10-11,14,21-22,24-40,42-48H,8-9,12-13H2,1H3/b7-4+/t14-,21-,22+,24+,25-,26+,27+,28-,29-,30+,31-,32+,33-,34-,35+/m1/s1. The highest BCUT2D eigenvalue weighted by atomic mass is 16.8. The molecule has 306 valence electrons. The van der Waals surface area contributed by atoms with E-state index in [-0.39, 0.29) is 30.1 Å². The summed E-state index contributed by atoms with van der Waals surface area (Å²) in [6, 6.07) is 7.75. The van der Waals surface area contributed by atoms with Gasteiger partial charge in [0.15, 0.2) is 48.0 Å². The molecule has 0 radical (unpaired) electrons. The van der Waals surface area contributed by atoms with Crippen LogP contribution < -0.4 is 0 Å². The van der Waals surface area contributed by atoms with Gasteiger partial charge in [0.05, 0.1) is 25.9 Å². The second kappa shape index (κ2) is 18.5. The number of esters is 1. The zero-order valence-corrected chi connectivity index (χ0v) is 29.2. The van der Waals surface area contributed by atoms with Gasteiger partial charge in [0.2, 0.25) is 0 Å². The Morgan fingerprint density at radius 3 is 1.96 bits per heavy atom. The third-order valence-electron chi connectivity index (χ3n) is 9.36. The monoisotopic (exact) mass is 786 g/mol. The van der Waals surface area contributed by atoms with E-state index in [4.69, 9.17) is 33.2 Å². The molecule has 55 heavy (non-hydrogen) atoms. The molecule has 3 heterocycles. The SMILES string of the molecule is C[C@H]1O[C@@H](O[C@H]2[C@H](O)[C@H](OCCc3ccc(O)c(O)c3)O[C@@H](CO[C@@H]3O[C@H](CO)[C@@H](O)[C@H](O)[C@H]3O)[C@H]2OC(=O)/C=C/c2ccc(O)c(O)c2)[C@H](O)[C@@H](O)[C@H]1O. The van der Waals surface area contributed by atoms with E-state index in [1.54, 1.807) is 0 Å². The van der Waals surface area contributed by atoms with Gasteiger partial charge in [-0.3, -0.25) is 0 Å². The second-order valence-electron chi connectivity index (χ2n) is 13.3. The molecule has 3 fully saturated rings. The zero-order chi connectivity index (χ0) is 40.1. The van der Waals surface area contributed by atoms with Crippen LogP contribution in [-0.4, -0.2) is 179 Å². The first kappa shape index (κ1) is 42.4. The van der Waals surface area contributed by atoms with Gasteiger partial charge in [-0.15, -0.1) is 0 Å². The molecule has 15 atom stereocenters. The minimum Gasteiger partial charge on any atom is -0.504 e. The van der Waals surface area contributed by atoms with E-state index in [0.717, 1.165) is 12.1 Å². The number of carbonyl (C=O) groups excluding carboxylic acids is 1. The van der Waals surface area contributed by atoms with E-state index in [1.807, 2.05) is 0 Å². The van der Waals surface area contributed by atoms with Crippen molar-refractivity contribution < 1.29 is 99.2 Å². The van der Waals surface area contributed by atoms with E-state index >= 15 is 0 Å². The highest BCUT2D eigenvalue weighted by Crippen LogP contribution is 2.33. The number of aliphatic hydroxyl groups excluding tert-OH is 8. The lowest BCUT2D eigenvalue weighted by Gasteiger charge is -2.47. The number of phenols is 4. The Morgan fingerprint density at radius 2 is 1.29 bits per heavy atom. The summed E-state index contributed by atoms with van der Waals surface area (Å²) in [5, 5.41) is 123. The highest BCUT2D eigenvalue weighted by Gasteiger charge is 2.53. The van der Waals surface area contributed by atoms with Crippen molar-refractivity contribution in [3.05, 3.63) is 53.6 Å². The van der Waals surface area contributed by atoms with Gasteiger partial charge in [-0.05, 0) is 54.8 Å². The highest BCUT2D eigenvalue weighted by molar-refractivity contribution is 5.87. The number of carbonyl (C=O) groups is 1. The van der Waals surface area contributed by atoms with E-state index in [9.17, 15) is 66.1 Å². The maximum Gasteiger partial charge on any atom is 0.331 e. The number of phenolic OH excluding ortho intramolecular Hbond substituents is 4. The maximum atomic E-state index is 13.3. The topological polar surface area (TPSA) is 324 Å². The molecule has 0 aromatic heterocycles. The molecule has 3 saturated heterocycles. The van der Waals surface area contributed by atoms with Crippen molar-refractivity contribution in [3.8, 4) is 23.0 Å². The first-order valence-electron chi connectivity index (χ1n) is 17.2. The average molecular weight is 787 g/mol. The van der Waals surface area contributed by atoms with Crippen LogP contribution in [0.25, 0.3) is 6.08 Å². The average Bonchev–Trinajstić information content (AvgIpc) is 3.16. The third-order valence-corrected chi connectivity index (χ3v) is 9.36. The van der Waals surface area contributed by atoms with Crippen LogP contribution >= 0.6 is 0 Å². The molecule has 20 heteroatoms. The Bertz CT molecular complexity index is 1610. The van der Waals surface area contributed by atoms with Crippen molar-refractivity contribution in [2.24, 2.45) is 0 Å². The number of ether oxygens (including phenoxy) is 7. The molecule has 3 aliphatic heterocycles. The molecule has 0 saturated carbocycles. The van der Waals surface area contributed by atoms with Gasteiger partial charge < -0.3 is 94.4 Å². The quantitative estimate of drug-likeness (QED) is 0.0541. The van der Waals surface area contributed by atoms with E-state index < -0.39 is 123 Å². The zero-order valence-electron chi connectivity index (χ0n) is 29.2. The fourth-order valence-electron chi connectivity index (χ4n) is 6.14. The summed E-state index contributed by atoms with van der Waals surface area (Å²) in [4.78, 5) is 13.3. The van der Waals surface area contributed by atoms with Crippen LogP contribution in [0.2, 0.25) is 0 Å². The number of aromatic hydroxyl groups is 4. The van der Waals surface area contributed by atoms with Crippen molar-refractivity contribution in [1.82, 2.24) is 0 Å². The molecular formula is C35H46O20. The first-order chi connectivity index (χ1) is 26.1. The smallest absolute Gasteiger partial charge is 0.331 e. The van der Waals surface area contributed by atoms with Crippen LogP contribution in [0.5, 0.6) is 23.0 Å². The van der Waals surface area contributed by atoms with Gasteiger partial charge in [-0.1, -0.05) is 12.1 Å². The Labute approximate surface area is 313 Å². The number of rotatable bonds is 13. The number of hydrogen-bond acceptors (Lipinski definition) is 20. The van der Waals surface area contributed by atoms with Crippen molar-refractivity contribution >= 4 is 12.0 Å². The van der Waals surface area contributed by atoms with Gasteiger partial charge in [0.1, 0.15) is 61.0 Å². The maximum absolute atomic E-state index is 13.3. The van der Waals surface area contributed by atoms with Crippen molar-refractivity contribution in [2.45, 2.75) is 105 Å². The number of aliphatic hydroxyl groups is 8. The van der Waals surface area contributed by atoms with E-state index in [1.165, 1.54) is 43.3 Å². The van der Waals surface area contributed by atoms with E-state index in [0.29, 0.717) is 5.56 Å². The molecule has 3 aliphatic rings. The Kier molecular flexibility index (Phi) is 14.3. The molecule has 2 aromatic rings. The summed E-state index contributed by atoms with van der Waals surface area (Å²) in [7, 11) is 0. The van der Waals surface area contributed by atoms with Gasteiger partial charge in [-0.2, -0.15) is 0 Å². The molecular weight excluding hydrogens is 740 g/mol. The minimum atomic E-state index is -1.88. The lowest BCUT2D eigenvalue weighted by atomic mass is 9.96. The fraction of sp³-hybridized carbons (Fsp3) is 0.571. The largest absolute Gasteiger partial charge is 0.504 e. The van der Waals surface area contributed by atoms with Crippen LogP contribution in [-0.2, 0) is 44.4 Å². The number of hydrogen-bond donors (Lipinski definition) is 12. The summed E-state index contributed by atoms with van der Waals surface area (Å²) in [6.07, 6.45) is -22.6. The predicted octanol–water partition coefficient (Wildman–Crippen LogP) is -3.19. The summed E-state index contributed by atoms with van der Waals surface area (Å²) >= 11 is 0. The lowest BCUT2D eigenvalue weighted by molar-refractivity contribution is -0.364. The van der Waals surface area contributed by atoms with Crippen LogP contribution in [0, 0.1) is 0 Å². The second-order valence-corrected chi connectivity index (χ2v) is 13.3. The predicted molar refractivity (Wildman–Crippen MR) is 180 cm³/mol. The number of benzene rings is 2. The summed E-state index contributed by atoms with van der Waals surface area (Å²) in [5.41, 5.74) is 0.773. The van der Waals surface area contributed by atoms with E-state index in [2.05, 4.69) is 0 Å². The molecule has 20 nitrogen and oxygen atoms in total. The molecule has 0 unspecified atom stereocenters. The van der Waals surface area contributed by atoms with Crippen LogP contribution in [0.3, 0.4) is 0 Å². The van der Waals surface area contributed by atoms with Crippen LogP contribution in [0.4, 0.5) is 0 Å². The molecule has 0 bridgehead atoms. The molecule has 5 rings (SSSR count). The summed E-state index contributed by atoms with van der Waals surface area (Å²) < 4.78 is 40.2. The summed E-state index contributed by atoms with van der Waals surface area (Å²) in [6.45, 7) is -0.254. The normalized spacial score (nSPS) is 36.9. The fourth-order valence-corrected chi connectivity index (χ4v) is 6.14. The van der Waals surface area contributed by atoms with Gasteiger partial charge >= 0.3 is 5.97 Å². The lowest BCUT2D eigenvalue weighted by Crippen LogP contribution is -2.65. The Balaban J connectivity index is 1.43. The molecule has 0 aliphatic carbocycles. The molecule has 0 amide bonds. The molecule has 0 spiro atoms. The molecule has 2 aromatic carbocycles. The van der Waals surface area contributed by atoms with Crippen LogP contribution in [0.1, 0.15) is 18.1 Å². The van der Waals surface area contributed by atoms with Gasteiger partial charge in [-0.25, -0.2) is 4.79 Å². The van der Waals surface area contributed by atoms with Crippen molar-refractivity contribution in [2.75, 3.05) is 19.8 Å². The Hall–Kier alpha value is -3.71. The third kappa shape index (κ3) is 10.0. The first-order valence-corrected chi connectivity index (χ1v) is 17.2. The van der Waals surface area contributed by atoms with Crippen molar-refractivity contribution in [3.63, 3.8) is 0 Å². The van der Waals surface area contributed by atoms with Crippen molar-refractivity contribution in [1.29, 1.82) is 0 Å². The Morgan fingerprint density at radius 1 is 0.673 bits per heavy atom. The van der Waals surface area contributed by atoms with Gasteiger partial charge in [0, 0.05) is 6.08 Å². The minimum absolute atomic E-state index is 0.111. The van der Waals surface area contributed by atoms with Gasteiger partial charge in [0.25, 0.3) is 0 Å². The van der Waals surface area contributed by atoms with Crippen LogP contribution in [0.15, 0.2) is 42.5 Å².